The van der Waals surface area contributed by atoms with Gasteiger partial charge in [0.15, 0.2) is 0 Å². The number of fused-ring (bicyclic) bond motifs is 1. The van der Waals surface area contributed by atoms with Gasteiger partial charge in [0.2, 0.25) is 10.0 Å². The molecule has 1 aliphatic rings. The van der Waals surface area contributed by atoms with Crippen LogP contribution in [0.4, 0.5) is 0 Å². The molecule has 3 N–H and O–H groups in total. The van der Waals surface area contributed by atoms with Crippen LogP contribution < -0.4 is 10.5 Å². The van der Waals surface area contributed by atoms with Gasteiger partial charge in [0.1, 0.15) is 0 Å². The minimum atomic E-state index is -3.73. The van der Waals surface area contributed by atoms with Gasteiger partial charge in [0.25, 0.3) is 0 Å². The lowest BCUT2D eigenvalue weighted by Gasteiger charge is -2.26. The van der Waals surface area contributed by atoms with E-state index in [-0.39, 0.29) is 4.90 Å². The van der Waals surface area contributed by atoms with E-state index in [1.54, 1.807) is 12.1 Å². The standard InChI is InChI=1S/C19H24N2O2S/c1-2-11-21-17-10-9-14-12-16(8-7-15(14)13-17)18-5-3-4-6-19(18)24(20,22)23/h3-8,12,17,21H,2,9-11,13H2,1H3,(H2,20,22,23)/t17-/m0/s1. The molecule has 0 radical (unpaired) electrons. The lowest BCUT2D eigenvalue weighted by atomic mass is 9.86. The van der Waals surface area contributed by atoms with Crippen LogP contribution in [0.25, 0.3) is 11.1 Å². The Morgan fingerprint density at radius 2 is 1.96 bits per heavy atom. The summed E-state index contributed by atoms with van der Waals surface area (Å²) in [6.45, 7) is 3.23. The predicted molar refractivity (Wildman–Crippen MR) is 97.4 cm³/mol. The largest absolute Gasteiger partial charge is 0.314 e. The van der Waals surface area contributed by atoms with E-state index >= 15 is 0 Å². The van der Waals surface area contributed by atoms with Gasteiger partial charge in [-0.25, -0.2) is 13.6 Å². The highest BCUT2D eigenvalue weighted by Gasteiger charge is 2.20. The summed E-state index contributed by atoms with van der Waals surface area (Å²) >= 11 is 0. The zero-order valence-corrected chi connectivity index (χ0v) is 14.8. The van der Waals surface area contributed by atoms with Crippen molar-refractivity contribution in [3.63, 3.8) is 0 Å². The summed E-state index contributed by atoms with van der Waals surface area (Å²) in [6.07, 6.45) is 4.31. The van der Waals surface area contributed by atoms with Gasteiger partial charge in [-0.05, 0) is 55.0 Å². The lowest BCUT2D eigenvalue weighted by Crippen LogP contribution is -2.34. The molecule has 4 nitrogen and oxygen atoms in total. The van der Waals surface area contributed by atoms with Crippen LogP contribution in [0.3, 0.4) is 0 Å². The fourth-order valence-corrected chi connectivity index (χ4v) is 4.16. The first kappa shape index (κ1) is 17.1. The zero-order chi connectivity index (χ0) is 17.2. The Bertz CT molecular complexity index is 831. The number of nitrogens with one attached hydrogen (secondary N) is 1. The molecule has 0 spiro atoms. The van der Waals surface area contributed by atoms with Crippen LogP contribution in [0.2, 0.25) is 0 Å². The maximum absolute atomic E-state index is 11.8. The van der Waals surface area contributed by atoms with Crippen LogP contribution >= 0.6 is 0 Å². The summed E-state index contributed by atoms with van der Waals surface area (Å²) in [6, 6.07) is 13.7. The third kappa shape index (κ3) is 3.69. The molecular weight excluding hydrogens is 320 g/mol. The third-order valence-corrected chi connectivity index (χ3v) is 5.59. The van der Waals surface area contributed by atoms with Gasteiger partial charge < -0.3 is 5.32 Å². The summed E-state index contributed by atoms with van der Waals surface area (Å²) in [4.78, 5) is 0.184. The van der Waals surface area contributed by atoms with Crippen LogP contribution in [0.15, 0.2) is 47.4 Å². The molecule has 2 aromatic carbocycles. The number of aryl methyl sites for hydroxylation is 1. The second-order valence-electron chi connectivity index (χ2n) is 6.42. The molecule has 0 aromatic heterocycles. The van der Waals surface area contributed by atoms with Crippen molar-refractivity contribution in [3.8, 4) is 11.1 Å². The Kier molecular flexibility index (Phi) is 5.04. The smallest absolute Gasteiger partial charge is 0.238 e. The van der Waals surface area contributed by atoms with Gasteiger partial charge in [-0.1, -0.05) is 43.3 Å². The molecule has 0 saturated heterocycles. The fraction of sp³-hybridized carbons (Fsp3) is 0.368. The molecule has 0 unspecified atom stereocenters. The normalized spacial score (nSPS) is 17.5. The molecule has 0 saturated carbocycles. The van der Waals surface area contributed by atoms with Gasteiger partial charge in [0, 0.05) is 11.6 Å². The van der Waals surface area contributed by atoms with E-state index < -0.39 is 10.0 Å². The highest BCUT2D eigenvalue weighted by atomic mass is 32.2. The van der Waals surface area contributed by atoms with Crippen LogP contribution in [-0.2, 0) is 22.9 Å². The first-order chi connectivity index (χ1) is 11.5. The van der Waals surface area contributed by atoms with Crippen molar-refractivity contribution in [2.45, 2.75) is 43.5 Å². The van der Waals surface area contributed by atoms with Gasteiger partial charge in [-0.3, -0.25) is 0 Å². The van der Waals surface area contributed by atoms with Crippen molar-refractivity contribution in [2.75, 3.05) is 6.54 Å². The maximum Gasteiger partial charge on any atom is 0.238 e. The van der Waals surface area contributed by atoms with Gasteiger partial charge in [0.05, 0.1) is 4.90 Å². The van der Waals surface area contributed by atoms with E-state index in [1.165, 1.54) is 11.1 Å². The van der Waals surface area contributed by atoms with E-state index in [2.05, 4.69) is 24.4 Å². The summed E-state index contributed by atoms with van der Waals surface area (Å²) in [5.41, 5.74) is 4.25. The molecule has 0 heterocycles. The second-order valence-corrected chi connectivity index (χ2v) is 7.95. The Hall–Kier alpha value is -1.69. The highest BCUT2D eigenvalue weighted by Crippen LogP contribution is 2.31. The molecule has 0 fully saturated rings. The number of nitrogens with two attached hydrogens (primary N) is 1. The molecular formula is C19H24N2O2S. The molecule has 1 atom stereocenters. The molecule has 0 aliphatic heterocycles. The summed E-state index contributed by atoms with van der Waals surface area (Å²) in [5.74, 6) is 0. The number of rotatable bonds is 5. The minimum Gasteiger partial charge on any atom is -0.314 e. The summed E-state index contributed by atoms with van der Waals surface area (Å²) < 4.78 is 23.7. The van der Waals surface area contributed by atoms with Gasteiger partial charge >= 0.3 is 0 Å². The summed E-state index contributed by atoms with van der Waals surface area (Å²) in [5, 5.41) is 8.95. The second kappa shape index (κ2) is 7.05. The van der Waals surface area contributed by atoms with E-state index in [4.69, 9.17) is 5.14 Å². The average Bonchev–Trinajstić information content (AvgIpc) is 2.58. The van der Waals surface area contributed by atoms with Crippen molar-refractivity contribution in [1.29, 1.82) is 0 Å². The quantitative estimate of drug-likeness (QED) is 0.876. The number of hydrogen-bond donors (Lipinski definition) is 2. The molecule has 5 heteroatoms. The number of benzene rings is 2. The Labute approximate surface area is 144 Å². The van der Waals surface area contributed by atoms with Crippen molar-refractivity contribution >= 4 is 10.0 Å². The molecule has 0 amide bonds. The SMILES string of the molecule is CCCN[C@H]1CCc2cc(-c3ccccc3S(N)(=O)=O)ccc2C1. The number of sulfonamides is 1. The monoisotopic (exact) mass is 344 g/mol. The molecule has 128 valence electrons. The van der Waals surface area contributed by atoms with Gasteiger partial charge in [-0.15, -0.1) is 0 Å². The number of primary sulfonamides is 1. The first-order valence-corrected chi connectivity index (χ1v) is 10.0. The Morgan fingerprint density at radius 1 is 1.17 bits per heavy atom. The van der Waals surface area contributed by atoms with Crippen molar-refractivity contribution in [3.05, 3.63) is 53.6 Å². The average molecular weight is 344 g/mol. The Morgan fingerprint density at radius 3 is 2.71 bits per heavy atom. The Balaban J connectivity index is 1.92. The van der Waals surface area contributed by atoms with E-state index in [0.29, 0.717) is 11.6 Å². The number of hydrogen-bond acceptors (Lipinski definition) is 3. The predicted octanol–water partition coefficient (Wildman–Crippen LogP) is 2.86. The van der Waals surface area contributed by atoms with Gasteiger partial charge in [-0.2, -0.15) is 0 Å². The molecule has 2 aromatic rings. The highest BCUT2D eigenvalue weighted by molar-refractivity contribution is 7.89. The van der Waals surface area contributed by atoms with Crippen molar-refractivity contribution in [1.82, 2.24) is 5.32 Å². The molecule has 3 rings (SSSR count). The van der Waals surface area contributed by atoms with Crippen molar-refractivity contribution < 1.29 is 8.42 Å². The van der Waals surface area contributed by atoms with E-state index in [0.717, 1.165) is 37.8 Å². The fourth-order valence-electron chi connectivity index (χ4n) is 3.40. The van der Waals surface area contributed by atoms with Crippen LogP contribution in [0.5, 0.6) is 0 Å². The lowest BCUT2D eigenvalue weighted by molar-refractivity contribution is 0.459. The van der Waals surface area contributed by atoms with E-state index in [9.17, 15) is 8.42 Å². The van der Waals surface area contributed by atoms with E-state index in [1.807, 2.05) is 18.2 Å². The minimum absolute atomic E-state index is 0.184. The van der Waals surface area contributed by atoms with Crippen molar-refractivity contribution in [2.24, 2.45) is 5.14 Å². The van der Waals surface area contributed by atoms with Crippen LogP contribution in [0, 0.1) is 0 Å². The summed E-state index contributed by atoms with van der Waals surface area (Å²) in [7, 11) is -3.73. The molecule has 0 bridgehead atoms. The third-order valence-electron chi connectivity index (χ3n) is 4.62. The molecule has 24 heavy (non-hydrogen) atoms. The first-order valence-electron chi connectivity index (χ1n) is 8.46. The maximum atomic E-state index is 11.8. The molecule has 1 aliphatic carbocycles. The van der Waals surface area contributed by atoms with Crippen LogP contribution in [-0.4, -0.2) is 21.0 Å². The van der Waals surface area contributed by atoms with Crippen LogP contribution in [0.1, 0.15) is 30.9 Å². The zero-order valence-electron chi connectivity index (χ0n) is 14.0. The topological polar surface area (TPSA) is 72.2 Å².